The second-order valence-electron chi connectivity index (χ2n) is 8.32. The van der Waals surface area contributed by atoms with E-state index in [9.17, 15) is 4.79 Å². The molecule has 0 saturated heterocycles. The topological polar surface area (TPSA) is 89.0 Å². The summed E-state index contributed by atoms with van der Waals surface area (Å²) in [4.78, 5) is 27.8. The summed E-state index contributed by atoms with van der Waals surface area (Å²) in [5.74, 6) is 0.334. The monoisotopic (exact) mass is 491 g/mol. The maximum atomic E-state index is 12.9. The Kier molecular flexibility index (Phi) is 5.71. The van der Waals surface area contributed by atoms with Gasteiger partial charge in [-0.3, -0.25) is 9.78 Å². The summed E-state index contributed by atoms with van der Waals surface area (Å²) in [5, 5.41) is 3.03. The highest BCUT2D eigenvalue weighted by Crippen LogP contribution is 2.33. The lowest BCUT2D eigenvalue weighted by Gasteiger charge is -2.13. The number of amides is 1. The van der Waals surface area contributed by atoms with Gasteiger partial charge in [-0.25, -0.2) is 9.97 Å². The molecule has 0 fully saturated rings. The number of methoxy groups -OCH3 is 1. The van der Waals surface area contributed by atoms with Crippen LogP contribution in [0.1, 0.15) is 15.9 Å². The molecule has 2 N–H and O–H groups in total. The third kappa shape index (κ3) is 4.23. The minimum atomic E-state index is -0.133. The summed E-state index contributed by atoms with van der Waals surface area (Å²) in [5.41, 5.74) is 7.51. The smallest absolute Gasteiger partial charge is 0.251 e. The number of ether oxygens (including phenoxy) is 1. The highest BCUT2D eigenvalue weighted by molar-refractivity contribution is 8.00. The molecule has 5 aromatic rings. The van der Waals surface area contributed by atoms with Gasteiger partial charge in [-0.05, 0) is 71.6 Å². The Hall–Kier alpha value is -4.43. The van der Waals surface area contributed by atoms with Crippen molar-refractivity contribution in [3.8, 4) is 28.3 Å². The molecule has 0 radical (unpaired) electrons. The van der Waals surface area contributed by atoms with Crippen LogP contribution in [0.5, 0.6) is 5.88 Å². The Labute approximate surface area is 212 Å². The van der Waals surface area contributed by atoms with E-state index in [1.165, 1.54) is 11.9 Å². The molecule has 6 rings (SSSR count). The third-order valence-corrected chi connectivity index (χ3v) is 6.80. The Morgan fingerprint density at radius 2 is 1.81 bits per heavy atom. The molecule has 0 aliphatic carbocycles. The maximum Gasteiger partial charge on any atom is 0.251 e. The van der Waals surface area contributed by atoms with E-state index in [0.717, 1.165) is 43.9 Å². The van der Waals surface area contributed by atoms with E-state index in [1.54, 1.807) is 19.5 Å². The number of anilines is 1. The number of benzene rings is 2. The van der Waals surface area contributed by atoms with Gasteiger partial charge in [-0.2, -0.15) is 0 Å². The molecular formula is C28H21N5O2S. The fraction of sp³-hybridized carbons (Fsp3) is 0.0714. The zero-order chi connectivity index (χ0) is 24.5. The summed E-state index contributed by atoms with van der Waals surface area (Å²) in [6, 6.07) is 23.5. The van der Waals surface area contributed by atoms with Crippen LogP contribution in [0.25, 0.3) is 33.4 Å². The molecule has 36 heavy (non-hydrogen) atoms. The van der Waals surface area contributed by atoms with Gasteiger partial charge in [0.25, 0.3) is 5.91 Å². The van der Waals surface area contributed by atoms with E-state index >= 15 is 0 Å². The largest absolute Gasteiger partial charge is 0.480 e. The molecule has 176 valence electrons. The number of rotatable bonds is 1. The molecule has 1 aliphatic rings. The standard InChI is InChI=1S/C28H21N5O2S/c1-35-28-25-14-20(16-31-28)23-8-9-24-26(32-23)22(10-11-29-24)18-5-2-4-17(12-18)15-30-27(34)19-6-3-7-21(13-19)36-33-25/h2-14,16,33H,15H2,1H3,(H,30,34). The van der Waals surface area contributed by atoms with Crippen molar-refractivity contribution in [2.45, 2.75) is 11.4 Å². The number of nitrogens with zero attached hydrogens (tertiary/aromatic N) is 3. The number of carbonyl (C=O) groups excluding carboxylic acids is 1. The average Bonchev–Trinajstić information content (AvgIpc) is 2.94. The van der Waals surface area contributed by atoms with Crippen molar-refractivity contribution < 1.29 is 9.53 Å². The SMILES string of the molecule is COc1ncc2cc1NSc1cccc(c1)C(=O)NCc1cccc(c1)-c1ccnc3ccc-2nc13. The second-order valence-corrected chi connectivity index (χ2v) is 9.20. The van der Waals surface area contributed by atoms with Gasteiger partial charge < -0.3 is 14.8 Å². The van der Waals surface area contributed by atoms with E-state index in [4.69, 9.17) is 9.72 Å². The Bertz CT molecular complexity index is 1620. The van der Waals surface area contributed by atoms with Gasteiger partial charge in [0.15, 0.2) is 0 Å². The van der Waals surface area contributed by atoms with E-state index in [1.807, 2.05) is 66.7 Å². The Morgan fingerprint density at radius 3 is 2.72 bits per heavy atom. The summed E-state index contributed by atoms with van der Waals surface area (Å²) in [6.07, 6.45) is 3.55. The van der Waals surface area contributed by atoms with Crippen LogP contribution in [0.3, 0.4) is 0 Å². The molecule has 2 aromatic carbocycles. The van der Waals surface area contributed by atoms with Crippen molar-refractivity contribution >= 4 is 34.6 Å². The van der Waals surface area contributed by atoms with Gasteiger partial charge in [0, 0.05) is 40.5 Å². The van der Waals surface area contributed by atoms with Crippen LogP contribution in [-0.4, -0.2) is 28.0 Å². The highest BCUT2D eigenvalue weighted by Gasteiger charge is 2.14. The van der Waals surface area contributed by atoms with Crippen molar-refractivity contribution in [2.24, 2.45) is 0 Å². The first-order valence-electron chi connectivity index (χ1n) is 11.4. The number of fused-ring (bicyclic) bond motifs is 9. The zero-order valence-corrected chi connectivity index (χ0v) is 20.2. The molecule has 7 nitrogen and oxygen atoms in total. The average molecular weight is 492 g/mol. The van der Waals surface area contributed by atoms with Gasteiger partial charge in [0.1, 0.15) is 5.69 Å². The fourth-order valence-corrected chi connectivity index (χ4v) is 4.90. The molecule has 8 heteroatoms. The van der Waals surface area contributed by atoms with Gasteiger partial charge >= 0.3 is 0 Å². The van der Waals surface area contributed by atoms with Crippen molar-refractivity contribution in [2.75, 3.05) is 11.8 Å². The predicted octanol–water partition coefficient (Wildman–Crippen LogP) is 5.73. The molecule has 3 aromatic heterocycles. The lowest BCUT2D eigenvalue weighted by atomic mass is 10.0. The lowest BCUT2D eigenvalue weighted by molar-refractivity contribution is 0.0950. The molecular weight excluding hydrogens is 470 g/mol. The van der Waals surface area contributed by atoms with Crippen LogP contribution in [0.15, 0.2) is 90.1 Å². The first-order valence-corrected chi connectivity index (χ1v) is 12.2. The normalized spacial score (nSPS) is 12.9. The lowest BCUT2D eigenvalue weighted by Crippen LogP contribution is -2.22. The molecule has 0 atom stereocenters. The molecule has 1 aliphatic heterocycles. The quantitative estimate of drug-likeness (QED) is 0.290. The van der Waals surface area contributed by atoms with Crippen molar-refractivity contribution in [3.63, 3.8) is 0 Å². The predicted molar refractivity (Wildman–Crippen MR) is 142 cm³/mol. The maximum absolute atomic E-state index is 12.9. The fourth-order valence-electron chi connectivity index (χ4n) is 4.19. The van der Waals surface area contributed by atoms with Crippen LogP contribution in [0.4, 0.5) is 5.69 Å². The van der Waals surface area contributed by atoms with E-state index < -0.39 is 0 Å². The van der Waals surface area contributed by atoms with Crippen LogP contribution in [0.2, 0.25) is 0 Å². The van der Waals surface area contributed by atoms with Crippen LogP contribution in [-0.2, 0) is 6.54 Å². The number of nitrogens with one attached hydrogen (secondary N) is 2. The zero-order valence-electron chi connectivity index (χ0n) is 19.4. The van der Waals surface area contributed by atoms with Crippen LogP contribution in [0, 0.1) is 0 Å². The molecule has 0 unspecified atom stereocenters. The van der Waals surface area contributed by atoms with E-state index in [-0.39, 0.29) is 5.91 Å². The van der Waals surface area contributed by atoms with Crippen LogP contribution < -0.4 is 14.8 Å². The number of hydrogen-bond acceptors (Lipinski definition) is 7. The summed E-state index contributed by atoms with van der Waals surface area (Å²) < 4.78 is 8.80. The third-order valence-electron chi connectivity index (χ3n) is 5.99. The number of pyridine rings is 3. The summed E-state index contributed by atoms with van der Waals surface area (Å²) >= 11 is 1.38. The van der Waals surface area contributed by atoms with Crippen LogP contribution >= 0.6 is 11.9 Å². The minimum absolute atomic E-state index is 0.133. The second kappa shape index (κ2) is 9.31. The van der Waals surface area contributed by atoms with Crippen molar-refractivity contribution in [1.82, 2.24) is 20.3 Å². The number of carbonyl (C=O) groups is 1. The minimum Gasteiger partial charge on any atom is -0.480 e. The van der Waals surface area contributed by atoms with Gasteiger partial charge in [-0.15, -0.1) is 0 Å². The molecule has 8 bridgehead atoms. The van der Waals surface area contributed by atoms with Crippen molar-refractivity contribution in [3.05, 3.63) is 96.3 Å². The molecule has 1 amide bonds. The van der Waals surface area contributed by atoms with Gasteiger partial charge in [-0.1, -0.05) is 24.3 Å². The first kappa shape index (κ1) is 22.1. The number of aromatic nitrogens is 3. The number of hydrogen-bond donors (Lipinski definition) is 2. The summed E-state index contributed by atoms with van der Waals surface area (Å²) in [7, 11) is 1.58. The molecule has 4 heterocycles. The van der Waals surface area contributed by atoms with Crippen molar-refractivity contribution in [1.29, 1.82) is 0 Å². The Morgan fingerprint density at radius 1 is 0.917 bits per heavy atom. The van der Waals surface area contributed by atoms with E-state index in [2.05, 4.69) is 26.1 Å². The first-order chi connectivity index (χ1) is 17.7. The van der Waals surface area contributed by atoms with Gasteiger partial charge in [0.05, 0.1) is 23.8 Å². The molecule has 0 saturated carbocycles. The van der Waals surface area contributed by atoms with E-state index in [0.29, 0.717) is 23.7 Å². The highest BCUT2D eigenvalue weighted by atomic mass is 32.2. The molecule has 0 spiro atoms. The van der Waals surface area contributed by atoms with Gasteiger partial charge in [0.2, 0.25) is 5.88 Å². The summed E-state index contributed by atoms with van der Waals surface area (Å²) in [6.45, 7) is 0.414. The Balaban J connectivity index is 1.54.